The molecule has 34 heavy (non-hydrogen) atoms. The molecule has 1 N–H and O–H groups in total. The van der Waals surface area contributed by atoms with Gasteiger partial charge in [-0.1, -0.05) is 72.8 Å². The Balaban J connectivity index is 1.59. The molecular formula is C29H34N2O3. The fourth-order valence-electron chi connectivity index (χ4n) is 3.60. The molecule has 3 aromatic carbocycles. The van der Waals surface area contributed by atoms with E-state index in [0.717, 1.165) is 23.1 Å². The summed E-state index contributed by atoms with van der Waals surface area (Å²) in [4.78, 5) is 27.0. The lowest BCUT2D eigenvalue weighted by molar-refractivity contribution is -0.153. The van der Waals surface area contributed by atoms with Crippen LogP contribution in [-0.2, 0) is 29.0 Å². The highest BCUT2D eigenvalue weighted by atomic mass is 16.6. The zero-order valence-electron chi connectivity index (χ0n) is 20.3. The maximum atomic E-state index is 13.4. The van der Waals surface area contributed by atoms with Crippen LogP contribution in [0.5, 0.6) is 0 Å². The summed E-state index contributed by atoms with van der Waals surface area (Å²) < 4.78 is 5.30. The van der Waals surface area contributed by atoms with Crippen molar-refractivity contribution < 1.29 is 14.3 Å². The highest BCUT2D eigenvalue weighted by Crippen LogP contribution is 2.15. The monoisotopic (exact) mass is 458 g/mol. The fraction of sp³-hybridized carbons (Fsp3) is 0.310. The molecule has 0 saturated heterocycles. The first-order valence-corrected chi connectivity index (χ1v) is 11.7. The Morgan fingerprint density at radius 2 is 1.29 bits per heavy atom. The number of amides is 1. The van der Waals surface area contributed by atoms with Gasteiger partial charge in [0.2, 0.25) is 0 Å². The maximum Gasteiger partial charge on any atom is 0.320 e. The molecule has 0 aliphatic carbocycles. The first kappa shape index (κ1) is 25.2. The number of rotatable bonds is 10. The van der Waals surface area contributed by atoms with Crippen LogP contribution in [0.15, 0.2) is 84.9 Å². The molecule has 5 heteroatoms. The van der Waals surface area contributed by atoms with E-state index in [1.165, 1.54) is 0 Å². The standard InChI is InChI=1S/C29H34N2O3/c1-29(2,3)34-27(32)20-30-19-18-23-14-16-26(17-15-23)28(33)31(21-24-10-6-4-7-11-24)22-25-12-8-5-9-13-25/h4-17,30H,18-22H2,1-3H3. The van der Waals surface area contributed by atoms with Gasteiger partial charge >= 0.3 is 5.97 Å². The van der Waals surface area contributed by atoms with Crippen molar-refractivity contribution in [2.24, 2.45) is 0 Å². The first-order chi connectivity index (χ1) is 16.3. The third-order valence-corrected chi connectivity index (χ3v) is 5.20. The van der Waals surface area contributed by atoms with Gasteiger partial charge in [-0.25, -0.2) is 0 Å². The molecule has 0 fully saturated rings. The molecule has 0 aliphatic rings. The van der Waals surface area contributed by atoms with E-state index in [9.17, 15) is 9.59 Å². The zero-order chi connectivity index (χ0) is 24.4. The number of esters is 1. The highest BCUT2D eigenvalue weighted by molar-refractivity contribution is 5.94. The van der Waals surface area contributed by atoms with Crippen LogP contribution in [0.1, 0.15) is 47.8 Å². The third kappa shape index (κ3) is 8.49. The minimum Gasteiger partial charge on any atom is -0.459 e. The zero-order valence-corrected chi connectivity index (χ0v) is 20.3. The van der Waals surface area contributed by atoms with E-state index in [0.29, 0.717) is 25.2 Å². The van der Waals surface area contributed by atoms with Crippen molar-refractivity contribution in [2.75, 3.05) is 13.1 Å². The molecule has 178 valence electrons. The number of carbonyl (C=O) groups excluding carboxylic acids is 2. The average Bonchev–Trinajstić information content (AvgIpc) is 2.82. The molecular weight excluding hydrogens is 424 g/mol. The van der Waals surface area contributed by atoms with Crippen molar-refractivity contribution in [3.05, 3.63) is 107 Å². The molecule has 0 unspecified atom stereocenters. The third-order valence-electron chi connectivity index (χ3n) is 5.20. The van der Waals surface area contributed by atoms with Crippen LogP contribution in [0.25, 0.3) is 0 Å². The molecule has 0 spiro atoms. The second-order valence-electron chi connectivity index (χ2n) is 9.34. The molecule has 0 aromatic heterocycles. The van der Waals surface area contributed by atoms with Gasteiger partial charge in [0.05, 0.1) is 6.54 Å². The van der Waals surface area contributed by atoms with Gasteiger partial charge in [0, 0.05) is 18.7 Å². The fourth-order valence-corrected chi connectivity index (χ4v) is 3.60. The van der Waals surface area contributed by atoms with Crippen molar-refractivity contribution >= 4 is 11.9 Å². The Morgan fingerprint density at radius 3 is 1.79 bits per heavy atom. The second kappa shape index (κ2) is 12.1. The summed E-state index contributed by atoms with van der Waals surface area (Å²) in [7, 11) is 0. The van der Waals surface area contributed by atoms with E-state index >= 15 is 0 Å². The van der Waals surface area contributed by atoms with Crippen LogP contribution in [0, 0.1) is 0 Å². The lowest BCUT2D eigenvalue weighted by atomic mass is 10.1. The van der Waals surface area contributed by atoms with Gasteiger partial charge in [0.1, 0.15) is 5.60 Å². The number of hydrogen-bond acceptors (Lipinski definition) is 4. The summed E-state index contributed by atoms with van der Waals surface area (Å²) in [5.74, 6) is -0.257. The Bertz CT molecular complexity index is 1000. The molecule has 5 nitrogen and oxygen atoms in total. The summed E-state index contributed by atoms with van der Waals surface area (Å²) in [5.41, 5.74) is 3.48. The van der Waals surface area contributed by atoms with Gasteiger partial charge < -0.3 is 15.0 Å². The smallest absolute Gasteiger partial charge is 0.320 e. The van der Waals surface area contributed by atoms with Gasteiger partial charge in [-0.2, -0.15) is 0 Å². The lowest BCUT2D eigenvalue weighted by Gasteiger charge is -2.23. The predicted molar refractivity (Wildman–Crippen MR) is 135 cm³/mol. The molecule has 0 saturated carbocycles. The Labute approximate surface area is 202 Å². The van der Waals surface area contributed by atoms with Crippen molar-refractivity contribution in [1.29, 1.82) is 0 Å². The lowest BCUT2D eigenvalue weighted by Crippen LogP contribution is -2.32. The number of ether oxygens (including phenoxy) is 1. The SMILES string of the molecule is CC(C)(C)OC(=O)CNCCc1ccc(C(=O)N(Cc2ccccc2)Cc2ccccc2)cc1. The molecule has 0 aliphatic heterocycles. The minimum atomic E-state index is -0.476. The van der Waals surface area contributed by atoms with Crippen molar-refractivity contribution in [1.82, 2.24) is 10.2 Å². The molecule has 0 radical (unpaired) electrons. The molecule has 0 atom stereocenters. The van der Waals surface area contributed by atoms with E-state index in [1.807, 2.05) is 111 Å². The van der Waals surface area contributed by atoms with Crippen LogP contribution >= 0.6 is 0 Å². The number of hydrogen-bond donors (Lipinski definition) is 1. The number of benzene rings is 3. The van der Waals surface area contributed by atoms with Crippen LogP contribution in [-0.4, -0.2) is 35.5 Å². The maximum absolute atomic E-state index is 13.4. The molecule has 3 rings (SSSR count). The highest BCUT2D eigenvalue weighted by Gasteiger charge is 2.17. The molecule has 1 amide bonds. The van der Waals surface area contributed by atoms with E-state index in [2.05, 4.69) is 5.32 Å². The summed E-state index contributed by atoms with van der Waals surface area (Å²) in [5, 5.41) is 3.12. The van der Waals surface area contributed by atoms with Crippen molar-refractivity contribution in [3.63, 3.8) is 0 Å². The normalized spacial score (nSPS) is 11.1. The van der Waals surface area contributed by atoms with E-state index < -0.39 is 5.60 Å². The van der Waals surface area contributed by atoms with Gasteiger partial charge in [-0.3, -0.25) is 9.59 Å². The van der Waals surface area contributed by atoms with Crippen molar-refractivity contribution in [2.45, 2.75) is 45.9 Å². The van der Waals surface area contributed by atoms with Crippen LogP contribution in [0.4, 0.5) is 0 Å². The van der Waals surface area contributed by atoms with Crippen molar-refractivity contribution in [3.8, 4) is 0 Å². The Kier molecular flexibility index (Phi) is 9.00. The van der Waals surface area contributed by atoms with Gasteiger partial charge in [-0.05, 0) is 62.6 Å². The predicted octanol–water partition coefficient (Wildman–Crippen LogP) is 5.00. The Morgan fingerprint density at radius 1 is 0.765 bits per heavy atom. The van der Waals surface area contributed by atoms with Gasteiger partial charge in [-0.15, -0.1) is 0 Å². The van der Waals surface area contributed by atoms with Gasteiger partial charge in [0.15, 0.2) is 0 Å². The van der Waals surface area contributed by atoms with Crippen LogP contribution in [0.3, 0.4) is 0 Å². The summed E-state index contributed by atoms with van der Waals surface area (Å²) in [6.45, 7) is 7.50. The number of carbonyl (C=O) groups is 2. The summed E-state index contributed by atoms with van der Waals surface area (Å²) >= 11 is 0. The Hall–Kier alpha value is -3.44. The molecule has 3 aromatic rings. The summed E-state index contributed by atoms with van der Waals surface area (Å²) in [6, 6.07) is 27.8. The topological polar surface area (TPSA) is 58.6 Å². The van der Waals surface area contributed by atoms with Gasteiger partial charge in [0.25, 0.3) is 5.91 Å². The average molecular weight is 459 g/mol. The number of nitrogens with one attached hydrogen (secondary N) is 1. The largest absolute Gasteiger partial charge is 0.459 e. The summed E-state index contributed by atoms with van der Waals surface area (Å²) in [6.07, 6.45) is 0.759. The van der Waals surface area contributed by atoms with Crippen LogP contribution < -0.4 is 5.32 Å². The van der Waals surface area contributed by atoms with E-state index in [4.69, 9.17) is 4.74 Å². The quantitative estimate of drug-likeness (QED) is 0.343. The number of nitrogens with zero attached hydrogens (tertiary/aromatic N) is 1. The van der Waals surface area contributed by atoms with Crippen LogP contribution in [0.2, 0.25) is 0 Å². The minimum absolute atomic E-state index is 0.00214. The first-order valence-electron chi connectivity index (χ1n) is 11.7. The second-order valence-corrected chi connectivity index (χ2v) is 9.34. The molecule has 0 bridgehead atoms. The molecule has 0 heterocycles. The van der Waals surface area contributed by atoms with E-state index in [-0.39, 0.29) is 18.4 Å². The van der Waals surface area contributed by atoms with E-state index in [1.54, 1.807) is 0 Å².